The summed E-state index contributed by atoms with van der Waals surface area (Å²) in [6, 6.07) is 4.61. The molecule has 1 unspecified atom stereocenters. The number of unbranched alkanes of at least 4 members (excludes halogenated alkanes) is 11. The highest BCUT2D eigenvalue weighted by Gasteiger charge is 2.30. The number of ether oxygens (including phenoxy) is 1. The van der Waals surface area contributed by atoms with Gasteiger partial charge in [-0.05, 0) is 48.8 Å². The Hall–Kier alpha value is -1.64. The van der Waals surface area contributed by atoms with Crippen molar-refractivity contribution in [1.82, 2.24) is 9.97 Å². The third kappa shape index (κ3) is 10.4. The lowest BCUT2D eigenvalue weighted by atomic mass is 9.74. The molecule has 0 spiro atoms. The lowest BCUT2D eigenvalue weighted by Gasteiger charge is -2.32. The summed E-state index contributed by atoms with van der Waals surface area (Å²) in [6.45, 7) is 14.1. The number of fused-ring (bicyclic) bond motifs is 1. The van der Waals surface area contributed by atoms with E-state index in [1.165, 1.54) is 128 Å². The number of nitrogens with zero attached hydrogens (tertiary/aromatic N) is 2. The molecule has 1 heterocycles. The molecule has 1 aromatic carbocycles. The molecule has 1 atom stereocenters. The molecule has 0 radical (unpaired) electrons. The van der Waals surface area contributed by atoms with Gasteiger partial charge in [0.2, 0.25) is 0 Å². The molecular weight excluding hydrogens is 476 g/mol. The van der Waals surface area contributed by atoms with Gasteiger partial charge in [0, 0.05) is 11.6 Å². The van der Waals surface area contributed by atoms with Crippen LogP contribution in [0.15, 0.2) is 18.3 Å². The van der Waals surface area contributed by atoms with E-state index >= 15 is 0 Å². The van der Waals surface area contributed by atoms with E-state index in [1.54, 1.807) is 7.11 Å². The quantitative estimate of drug-likeness (QED) is 0.140. The highest BCUT2D eigenvalue weighted by molar-refractivity contribution is 5.82. The number of benzene rings is 1. The molecule has 0 bridgehead atoms. The molecular formula is C36H62N2O. The molecule has 222 valence electrons. The molecule has 0 amide bonds. The van der Waals surface area contributed by atoms with Crippen molar-refractivity contribution >= 4 is 11.0 Å². The molecule has 3 heteroatoms. The molecule has 0 saturated carbocycles. The normalized spacial score (nSPS) is 13.6. The van der Waals surface area contributed by atoms with E-state index in [-0.39, 0.29) is 10.8 Å². The zero-order valence-corrected chi connectivity index (χ0v) is 27.0. The van der Waals surface area contributed by atoms with Crippen molar-refractivity contribution in [3.05, 3.63) is 29.6 Å². The third-order valence-electron chi connectivity index (χ3n) is 9.23. The Balaban J connectivity index is 2.40. The molecule has 0 aliphatic heterocycles. The second-order valence-electron chi connectivity index (χ2n) is 12.8. The highest BCUT2D eigenvalue weighted by atomic mass is 16.5. The number of rotatable bonds is 22. The number of hydrogen-bond donors (Lipinski definition) is 0. The van der Waals surface area contributed by atoms with Crippen LogP contribution in [0.4, 0.5) is 0 Å². The van der Waals surface area contributed by atoms with Gasteiger partial charge in [0.1, 0.15) is 11.3 Å². The molecule has 3 nitrogen and oxygen atoms in total. The van der Waals surface area contributed by atoms with Crippen LogP contribution in [0.3, 0.4) is 0 Å². The van der Waals surface area contributed by atoms with Crippen LogP contribution in [0.25, 0.3) is 11.0 Å². The minimum absolute atomic E-state index is 0.0685. The van der Waals surface area contributed by atoms with Crippen LogP contribution in [0.2, 0.25) is 0 Å². The zero-order valence-electron chi connectivity index (χ0n) is 27.0. The summed E-state index contributed by atoms with van der Waals surface area (Å²) in [5, 5.41) is 0. The smallest absolute Gasteiger partial charge is 0.147 e. The first-order chi connectivity index (χ1) is 18.9. The first kappa shape index (κ1) is 33.6. The van der Waals surface area contributed by atoms with Gasteiger partial charge in [-0.25, -0.2) is 4.98 Å². The van der Waals surface area contributed by atoms with E-state index < -0.39 is 0 Å². The van der Waals surface area contributed by atoms with Crippen LogP contribution in [0.1, 0.15) is 175 Å². The van der Waals surface area contributed by atoms with Crippen LogP contribution >= 0.6 is 0 Å². The second kappa shape index (κ2) is 17.9. The van der Waals surface area contributed by atoms with Gasteiger partial charge in [0.05, 0.1) is 18.3 Å². The Bertz CT molecular complexity index is 925. The van der Waals surface area contributed by atoms with Gasteiger partial charge in [-0.15, -0.1) is 0 Å². The summed E-state index contributed by atoms with van der Waals surface area (Å²) in [7, 11) is 1.80. The van der Waals surface area contributed by atoms with Gasteiger partial charge in [0.25, 0.3) is 0 Å². The first-order valence-corrected chi connectivity index (χ1v) is 16.7. The van der Waals surface area contributed by atoms with E-state index in [1.807, 2.05) is 0 Å². The summed E-state index contributed by atoms with van der Waals surface area (Å²) in [5.74, 6) is 0.892. The summed E-state index contributed by atoms with van der Waals surface area (Å²) in [5.41, 5.74) is 4.67. The van der Waals surface area contributed by atoms with Crippen molar-refractivity contribution in [2.75, 3.05) is 7.11 Å². The second-order valence-corrected chi connectivity index (χ2v) is 12.8. The molecule has 2 aromatic rings. The van der Waals surface area contributed by atoms with Gasteiger partial charge in [-0.1, -0.05) is 138 Å². The van der Waals surface area contributed by atoms with Gasteiger partial charge in [-0.3, -0.25) is 4.98 Å². The summed E-state index contributed by atoms with van der Waals surface area (Å²) in [4.78, 5) is 10.4. The predicted molar refractivity (Wildman–Crippen MR) is 171 cm³/mol. The molecule has 0 aliphatic rings. The fourth-order valence-electron chi connectivity index (χ4n) is 6.24. The minimum atomic E-state index is 0.0685. The third-order valence-corrected chi connectivity index (χ3v) is 9.23. The first-order valence-electron chi connectivity index (χ1n) is 16.7. The molecule has 39 heavy (non-hydrogen) atoms. The van der Waals surface area contributed by atoms with E-state index in [4.69, 9.17) is 14.7 Å². The Kier molecular flexibility index (Phi) is 15.4. The maximum absolute atomic E-state index is 6.01. The number of hydrogen-bond acceptors (Lipinski definition) is 3. The summed E-state index contributed by atoms with van der Waals surface area (Å²) < 4.78 is 6.01. The van der Waals surface area contributed by atoms with Gasteiger partial charge in [0.15, 0.2) is 0 Å². The Morgan fingerprint density at radius 2 is 1.10 bits per heavy atom. The summed E-state index contributed by atoms with van der Waals surface area (Å²) >= 11 is 0. The molecule has 0 fully saturated rings. The van der Waals surface area contributed by atoms with E-state index in [0.29, 0.717) is 0 Å². The fourth-order valence-corrected chi connectivity index (χ4v) is 6.24. The van der Waals surface area contributed by atoms with Crippen LogP contribution in [0.5, 0.6) is 5.75 Å². The molecule has 1 aromatic heterocycles. The molecule has 0 N–H and O–H groups in total. The monoisotopic (exact) mass is 538 g/mol. The highest BCUT2D eigenvalue weighted by Crippen LogP contribution is 2.40. The maximum atomic E-state index is 6.01. The van der Waals surface area contributed by atoms with Crippen LogP contribution in [-0.4, -0.2) is 17.1 Å². The van der Waals surface area contributed by atoms with E-state index in [2.05, 4.69) is 59.9 Å². The Morgan fingerprint density at radius 1 is 0.615 bits per heavy atom. The SMILES string of the molecule is CCCCCCCC(C)(CCCCCCC)c1cnc2cc(C(C)(CCCC)CCCCC)cc(OC)c2n1. The largest absolute Gasteiger partial charge is 0.494 e. The van der Waals surface area contributed by atoms with Crippen molar-refractivity contribution in [3.8, 4) is 5.75 Å². The maximum Gasteiger partial charge on any atom is 0.147 e. The lowest BCUT2D eigenvalue weighted by Crippen LogP contribution is -2.24. The molecule has 2 rings (SSSR count). The van der Waals surface area contributed by atoms with Crippen molar-refractivity contribution in [2.24, 2.45) is 0 Å². The average Bonchev–Trinajstić information content (AvgIpc) is 2.95. The number of aromatic nitrogens is 2. The topological polar surface area (TPSA) is 35.0 Å². The van der Waals surface area contributed by atoms with E-state index in [0.717, 1.165) is 22.5 Å². The zero-order chi connectivity index (χ0) is 28.6. The van der Waals surface area contributed by atoms with Crippen molar-refractivity contribution in [1.29, 1.82) is 0 Å². The van der Waals surface area contributed by atoms with Crippen molar-refractivity contribution < 1.29 is 4.74 Å². The van der Waals surface area contributed by atoms with Gasteiger partial charge >= 0.3 is 0 Å². The van der Waals surface area contributed by atoms with E-state index in [9.17, 15) is 0 Å². The average molecular weight is 539 g/mol. The fraction of sp³-hybridized carbons (Fsp3) is 0.778. The Morgan fingerprint density at radius 3 is 1.67 bits per heavy atom. The van der Waals surface area contributed by atoms with Crippen LogP contribution in [-0.2, 0) is 10.8 Å². The van der Waals surface area contributed by atoms with Crippen molar-refractivity contribution in [2.45, 2.75) is 174 Å². The van der Waals surface area contributed by atoms with Gasteiger partial charge in [-0.2, -0.15) is 0 Å². The van der Waals surface area contributed by atoms with Crippen LogP contribution < -0.4 is 4.74 Å². The van der Waals surface area contributed by atoms with Crippen LogP contribution in [0, 0.1) is 0 Å². The number of methoxy groups -OCH3 is 1. The standard InChI is InChI=1S/C36H62N2O/c1-8-12-16-18-21-25-36(6,26-22-19-17-13-9-2)33-29-37-31-27-30(28-32(39-7)34(31)38-33)35(5,23-15-11-4)24-20-14-10-3/h27-29H,8-26H2,1-7H3. The van der Waals surface area contributed by atoms with Crippen molar-refractivity contribution in [3.63, 3.8) is 0 Å². The molecule has 0 saturated heterocycles. The predicted octanol–water partition coefficient (Wildman–Crippen LogP) is 11.6. The summed E-state index contributed by atoms with van der Waals surface area (Å²) in [6.07, 6.45) is 26.4. The minimum Gasteiger partial charge on any atom is -0.494 e. The molecule has 0 aliphatic carbocycles. The lowest BCUT2D eigenvalue weighted by molar-refractivity contribution is 0.353. The Labute approximate surface area is 242 Å². The van der Waals surface area contributed by atoms with Gasteiger partial charge < -0.3 is 4.74 Å².